The molecule has 0 bridgehead atoms. The number of nitrogens with zero attached hydrogens (tertiary/aromatic N) is 1. The summed E-state index contributed by atoms with van der Waals surface area (Å²) in [7, 11) is 0. The topological polar surface area (TPSA) is 68.0 Å². The summed E-state index contributed by atoms with van der Waals surface area (Å²) in [6, 6.07) is 8.28. The molecule has 0 spiro atoms. The summed E-state index contributed by atoms with van der Waals surface area (Å²) in [5.41, 5.74) is 7.23. The van der Waals surface area contributed by atoms with Gasteiger partial charge in [0.2, 0.25) is 0 Å². The van der Waals surface area contributed by atoms with Crippen LogP contribution in [0.15, 0.2) is 34.8 Å². The van der Waals surface area contributed by atoms with Crippen molar-refractivity contribution in [2.24, 2.45) is 0 Å². The molecule has 2 rings (SSSR count). The summed E-state index contributed by atoms with van der Waals surface area (Å²) in [5, 5.41) is 3.03. The van der Waals surface area contributed by atoms with Crippen molar-refractivity contribution in [1.29, 1.82) is 0 Å². The third kappa shape index (κ3) is 3.24. The molecular weight excluding hydrogens is 330 g/mol. The van der Waals surface area contributed by atoms with Crippen molar-refractivity contribution in [3.63, 3.8) is 0 Å². The molecule has 0 saturated heterocycles. The number of nitrogen functional groups attached to an aromatic ring is 1. The molecule has 0 aliphatic carbocycles. The number of nitrogens with one attached hydrogen (secondary N) is 1. The lowest BCUT2D eigenvalue weighted by atomic mass is 10.2. The number of pyridine rings is 1. The molecule has 98 valence electrons. The van der Waals surface area contributed by atoms with Crippen molar-refractivity contribution >= 4 is 44.9 Å². The molecule has 0 radical (unpaired) electrons. The second kappa shape index (κ2) is 5.59. The van der Waals surface area contributed by atoms with Crippen molar-refractivity contribution in [1.82, 2.24) is 4.98 Å². The molecule has 1 aromatic heterocycles. The normalized spacial score (nSPS) is 10.3. The number of aryl methyl sites for hydroxylation is 1. The highest BCUT2D eigenvalue weighted by Crippen LogP contribution is 2.21. The molecule has 4 nitrogen and oxygen atoms in total. The lowest BCUT2D eigenvalue weighted by Gasteiger charge is -2.08. The molecule has 3 N–H and O–H groups in total. The predicted molar refractivity (Wildman–Crippen MR) is 80.5 cm³/mol. The quantitative estimate of drug-likeness (QED) is 0.820. The Morgan fingerprint density at radius 2 is 2.11 bits per heavy atom. The number of aromatic nitrogens is 1. The molecule has 0 saturated carbocycles. The van der Waals surface area contributed by atoms with Crippen molar-refractivity contribution in [2.75, 3.05) is 11.1 Å². The summed E-state index contributed by atoms with van der Waals surface area (Å²) < 4.78 is 0.882. The number of anilines is 2. The van der Waals surface area contributed by atoms with Gasteiger partial charge < -0.3 is 11.1 Å². The number of hydrogen-bond acceptors (Lipinski definition) is 3. The number of carbonyl (C=O) groups is 1. The first-order chi connectivity index (χ1) is 8.97. The largest absolute Gasteiger partial charge is 0.399 e. The van der Waals surface area contributed by atoms with E-state index in [1.54, 1.807) is 18.2 Å². The summed E-state index contributed by atoms with van der Waals surface area (Å²) in [5.74, 6) is 0.121. The second-order valence-corrected chi connectivity index (χ2v) is 5.22. The Morgan fingerprint density at radius 3 is 2.79 bits per heavy atom. The molecule has 0 unspecified atom stereocenters. The van der Waals surface area contributed by atoms with Gasteiger partial charge in [-0.25, -0.2) is 4.98 Å². The van der Waals surface area contributed by atoms with Crippen molar-refractivity contribution in [3.05, 3.63) is 51.1 Å². The van der Waals surface area contributed by atoms with Gasteiger partial charge in [0.25, 0.3) is 5.91 Å². The van der Waals surface area contributed by atoms with E-state index in [-0.39, 0.29) is 5.91 Å². The van der Waals surface area contributed by atoms with Crippen LogP contribution < -0.4 is 11.1 Å². The lowest BCUT2D eigenvalue weighted by molar-refractivity contribution is 0.102. The van der Waals surface area contributed by atoms with E-state index in [0.717, 1.165) is 10.2 Å². The van der Waals surface area contributed by atoms with Crippen molar-refractivity contribution < 1.29 is 4.79 Å². The average molecular weight is 341 g/mol. The Morgan fingerprint density at radius 1 is 1.37 bits per heavy atom. The van der Waals surface area contributed by atoms with Crippen LogP contribution in [0.1, 0.15) is 16.1 Å². The monoisotopic (exact) mass is 339 g/mol. The van der Waals surface area contributed by atoms with Crippen LogP contribution in [-0.4, -0.2) is 10.9 Å². The van der Waals surface area contributed by atoms with E-state index in [1.807, 2.05) is 13.0 Å². The summed E-state index contributed by atoms with van der Waals surface area (Å²) >= 11 is 9.32. The van der Waals surface area contributed by atoms with Gasteiger partial charge in [-0.3, -0.25) is 4.79 Å². The first-order valence-corrected chi connectivity index (χ1v) is 6.64. The van der Waals surface area contributed by atoms with E-state index < -0.39 is 0 Å². The van der Waals surface area contributed by atoms with Crippen LogP contribution in [-0.2, 0) is 0 Å². The molecule has 0 aliphatic heterocycles. The van der Waals surface area contributed by atoms with E-state index in [0.29, 0.717) is 22.1 Å². The van der Waals surface area contributed by atoms with Gasteiger partial charge in [-0.05, 0) is 53.2 Å². The predicted octanol–water partition coefficient (Wildman–Crippen LogP) is 3.64. The first-order valence-electron chi connectivity index (χ1n) is 5.47. The number of hydrogen-bond donors (Lipinski definition) is 2. The fourth-order valence-corrected chi connectivity index (χ4v) is 1.94. The first kappa shape index (κ1) is 13.8. The highest BCUT2D eigenvalue weighted by Gasteiger charge is 2.12. The molecular formula is C13H11BrClN3O. The van der Waals surface area contributed by atoms with Gasteiger partial charge >= 0.3 is 0 Å². The van der Waals surface area contributed by atoms with E-state index in [9.17, 15) is 4.79 Å². The van der Waals surface area contributed by atoms with Gasteiger partial charge in [0.05, 0.1) is 16.3 Å². The smallest absolute Gasteiger partial charge is 0.258 e. The van der Waals surface area contributed by atoms with E-state index in [2.05, 4.69) is 26.2 Å². The van der Waals surface area contributed by atoms with Crippen LogP contribution in [0.5, 0.6) is 0 Å². The highest BCUT2D eigenvalue weighted by molar-refractivity contribution is 9.10. The summed E-state index contributed by atoms with van der Waals surface area (Å²) in [6.45, 7) is 1.84. The molecule has 0 atom stereocenters. The van der Waals surface area contributed by atoms with Gasteiger partial charge in [0, 0.05) is 10.2 Å². The Kier molecular flexibility index (Phi) is 4.07. The third-order valence-corrected chi connectivity index (χ3v) is 3.67. The van der Waals surface area contributed by atoms with E-state index >= 15 is 0 Å². The van der Waals surface area contributed by atoms with Crippen LogP contribution in [0.25, 0.3) is 0 Å². The number of benzene rings is 1. The lowest BCUT2D eigenvalue weighted by Crippen LogP contribution is -2.14. The zero-order valence-corrected chi connectivity index (χ0v) is 12.4. The number of halogens is 2. The maximum atomic E-state index is 12.1. The van der Waals surface area contributed by atoms with Crippen LogP contribution in [0, 0.1) is 6.92 Å². The zero-order chi connectivity index (χ0) is 14.0. The number of amides is 1. The molecule has 1 heterocycles. The van der Waals surface area contributed by atoms with E-state index in [4.69, 9.17) is 17.3 Å². The molecule has 1 amide bonds. The minimum atomic E-state index is -0.341. The SMILES string of the molecule is Cc1nc(NC(=O)c2cc(N)ccc2Cl)ccc1Br. The standard InChI is InChI=1S/C13H11BrClN3O/c1-7-10(14)3-5-12(17-7)18-13(19)9-6-8(16)2-4-11(9)15/h2-6H,16H2,1H3,(H,17,18,19). The summed E-state index contributed by atoms with van der Waals surface area (Å²) in [4.78, 5) is 16.3. The number of rotatable bonds is 2. The Bertz CT molecular complexity index is 646. The third-order valence-electron chi connectivity index (χ3n) is 2.50. The average Bonchev–Trinajstić information content (AvgIpc) is 2.36. The minimum absolute atomic E-state index is 0.323. The molecule has 1 aromatic carbocycles. The van der Waals surface area contributed by atoms with Crippen molar-refractivity contribution in [2.45, 2.75) is 6.92 Å². The van der Waals surface area contributed by atoms with Gasteiger partial charge in [-0.15, -0.1) is 0 Å². The Hall–Kier alpha value is -1.59. The fourth-order valence-electron chi connectivity index (χ4n) is 1.51. The van der Waals surface area contributed by atoms with Gasteiger partial charge in [-0.2, -0.15) is 0 Å². The van der Waals surface area contributed by atoms with Crippen molar-refractivity contribution in [3.8, 4) is 0 Å². The minimum Gasteiger partial charge on any atom is -0.399 e. The fraction of sp³-hybridized carbons (Fsp3) is 0.0769. The molecule has 2 aromatic rings. The van der Waals surface area contributed by atoms with Gasteiger partial charge in [-0.1, -0.05) is 11.6 Å². The maximum Gasteiger partial charge on any atom is 0.258 e. The second-order valence-electron chi connectivity index (χ2n) is 3.96. The van der Waals surface area contributed by atoms with Gasteiger partial charge in [0.1, 0.15) is 5.82 Å². The molecule has 0 aliphatic rings. The van der Waals surface area contributed by atoms with Crippen LogP contribution >= 0.6 is 27.5 Å². The molecule has 6 heteroatoms. The maximum absolute atomic E-state index is 12.1. The highest BCUT2D eigenvalue weighted by atomic mass is 79.9. The van der Waals surface area contributed by atoms with Gasteiger partial charge in [0.15, 0.2) is 0 Å². The number of carbonyl (C=O) groups excluding carboxylic acids is 1. The van der Waals surface area contributed by atoms with Crippen LogP contribution in [0.3, 0.4) is 0 Å². The summed E-state index contributed by atoms with van der Waals surface area (Å²) in [6.07, 6.45) is 0. The van der Waals surface area contributed by atoms with Crippen LogP contribution in [0.2, 0.25) is 5.02 Å². The van der Waals surface area contributed by atoms with E-state index in [1.165, 1.54) is 6.07 Å². The zero-order valence-electron chi connectivity index (χ0n) is 10.1. The Labute approximate surface area is 124 Å². The number of nitrogens with two attached hydrogens (primary N) is 1. The molecule has 0 fully saturated rings. The molecule has 19 heavy (non-hydrogen) atoms. The van der Waals surface area contributed by atoms with Crippen LogP contribution in [0.4, 0.5) is 11.5 Å². The Balaban J connectivity index is 2.25.